The number of aromatic nitrogens is 3. The Morgan fingerprint density at radius 1 is 0.575 bits per heavy atom. The van der Waals surface area contributed by atoms with Crippen LogP contribution in [0.5, 0.6) is 0 Å². The van der Waals surface area contributed by atoms with Crippen LogP contribution < -0.4 is 0 Å². The molecule has 9 rings (SSSR count). The molecule has 1 aromatic heterocycles. The van der Waals surface area contributed by atoms with E-state index in [0.29, 0.717) is 28.5 Å². The summed E-state index contributed by atoms with van der Waals surface area (Å²) < 4.78 is 0. The molecule has 0 aliphatic heterocycles. The summed E-state index contributed by atoms with van der Waals surface area (Å²) in [5.41, 5.74) is 5.39. The summed E-state index contributed by atoms with van der Waals surface area (Å²) in [4.78, 5) is 14.9. The molecule has 5 aromatic rings. The van der Waals surface area contributed by atoms with E-state index in [0.717, 1.165) is 45.2 Å². The van der Waals surface area contributed by atoms with Crippen LogP contribution >= 0.6 is 0 Å². The minimum Gasteiger partial charge on any atom is -0.208 e. The summed E-state index contributed by atoms with van der Waals surface area (Å²) in [7, 11) is 0. The molecule has 0 radical (unpaired) electrons. The third kappa shape index (κ3) is 3.84. The molecule has 4 aliphatic rings. The van der Waals surface area contributed by atoms with Gasteiger partial charge in [-0.15, -0.1) is 0 Å². The lowest BCUT2D eigenvalue weighted by molar-refractivity contribution is -0.00518. The molecule has 0 unspecified atom stereocenters. The smallest absolute Gasteiger partial charge is 0.164 e. The van der Waals surface area contributed by atoms with E-state index in [-0.39, 0.29) is 0 Å². The van der Waals surface area contributed by atoms with Crippen LogP contribution in [0.15, 0.2) is 91.0 Å². The minimum atomic E-state index is 0.369. The monoisotopic (exact) mass is 518 g/mol. The molecule has 0 N–H and O–H groups in total. The lowest BCUT2D eigenvalue weighted by atomic mass is 9.48. The van der Waals surface area contributed by atoms with Gasteiger partial charge in [-0.25, -0.2) is 15.0 Å². The lowest BCUT2D eigenvalue weighted by Gasteiger charge is -2.57. The van der Waals surface area contributed by atoms with Gasteiger partial charge in [-0.2, -0.15) is 5.26 Å². The highest BCUT2D eigenvalue weighted by molar-refractivity contribution is 5.98. The Balaban J connectivity index is 1.24. The van der Waals surface area contributed by atoms with Gasteiger partial charge in [-0.05, 0) is 78.7 Å². The van der Waals surface area contributed by atoms with Gasteiger partial charge in [0, 0.05) is 22.1 Å². The average molecular weight is 519 g/mol. The number of nitriles is 1. The summed E-state index contributed by atoms with van der Waals surface area (Å²) in [5.74, 6) is 4.72. The van der Waals surface area contributed by atoms with E-state index in [1.807, 2.05) is 66.7 Å². The van der Waals surface area contributed by atoms with E-state index in [4.69, 9.17) is 15.0 Å². The number of fused-ring (bicyclic) bond motifs is 1. The van der Waals surface area contributed by atoms with E-state index in [1.165, 1.54) is 44.1 Å². The molecule has 194 valence electrons. The van der Waals surface area contributed by atoms with Crippen molar-refractivity contribution in [2.45, 2.75) is 43.9 Å². The van der Waals surface area contributed by atoms with Crippen LogP contribution in [-0.4, -0.2) is 15.0 Å². The Labute approximate surface area is 234 Å². The van der Waals surface area contributed by atoms with Crippen molar-refractivity contribution >= 4 is 10.8 Å². The van der Waals surface area contributed by atoms with Crippen molar-refractivity contribution in [2.24, 2.45) is 17.8 Å². The normalized spacial score (nSPS) is 24.7. The number of hydrogen-bond donors (Lipinski definition) is 0. The van der Waals surface area contributed by atoms with Crippen LogP contribution in [0.25, 0.3) is 44.9 Å². The van der Waals surface area contributed by atoms with Gasteiger partial charge in [0.2, 0.25) is 0 Å². The largest absolute Gasteiger partial charge is 0.208 e. The van der Waals surface area contributed by atoms with E-state index >= 15 is 0 Å². The topological polar surface area (TPSA) is 62.5 Å². The maximum Gasteiger partial charge on any atom is 0.164 e. The van der Waals surface area contributed by atoms with Crippen molar-refractivity contribution < 1.29 is 0 Å². The lowest BCUT2D eigenvalue weighted by Crippen LogP contribution is -2.48. The van der Waals surface area contributed by atoms with Crippen LogP contribution in [0.2, 0.25) is 0 Å². The van der Waals surface area contributed by atoms with Crippen molar-refractivity contribution in [3.05, 3.63) is 102 Å². The van der Waals surface area contributed by atoms with Crippen LogP contribution in [-0.2, 0) is 5.41 Å². The van der Waals surface area contributed by atoms with Gasteiger partial charge in [0.05, 0.1) is 11.6 Å². The average Bonchev–Trinajstić information content (AvgIpc) is 3.00. The van der Waals surface area contributed by atoms with E-state index in [9.17, 15) is 5.26 Å². The summed E-state index contributed by atoms with van der Waals surface area (Å²) >= 11 is 0. The van der Waals surface area contributed by atoms with Gasteiger partial charge < -0.3 is 0 Å². The molecule has 0 amide bonds. The highest BCUT2D eigenvalue weighted by Crippen LogP contribution is 2.60. The Hall–Kier alpha value is -4.36. The summed E-state index contributed by atoms with van der Waals surface area (Å²) in [6.07, 6.45) is 8.44. The molecule has 4 saturated carbocycles. The zero-order valence-corrected chi connectivity index (χ0v) is 22.4. The quantitative estimate of drug-likeness (QED) is 0.240. The first-order valence-electron chi connectivity index (χ1n) is 14.5. The highest BCUT2D eigenvalue weighted by Gasteiger charge is 2.51. The predicted octanol–water partition coefficient (Wildman–Crippen LogP) is 8.37. The number of nitrogens with zero attached hydrogens (tertiary/aromatic N) is 4. The van der Waals surface area contributed by atoms with Crippen LogP contribution in [0, 0.1) is 29.1 Å². The van der Waals surface area contributed by atoms with Gasteiger partial charge in [0.25, 0.3) is 0 Å². The molecule has 0 spiro atoms. The SMILES string of the molecule is N#Cc1cccc2c(-c3nc(-c4ccccc4)nc(-c4ccc(C56CC7CC(CC(C7)C5)C6)cc4)n3)cccc12. The second-order valence-electron chi connectivity index (χ2n) is 12.3. The third-order valence-electron chi connectivity index (χ3n) is 9.74. The first-order chi connectivity index (χ1) is 19.7. The Kier molecular flexibility index (Phi) is 5.35. The fourth-order valence-electron chi connectivity index (χ4n) is 8.38. The van der Waals surface area contributed by atoms with E-state index < -0.39 is 0 Å². The van der Waals surface area contributed by atoms with E-state index in [2.05, 4.69) is 30.3 Å². The summed E-state index contributed by atoms with van der Waals surface area (Å²) in [5, 5.41) is 11.6. The fourth-order valence-corrected chi connectivity index (χ4v) is 8.38. The van der Waals surface area contributed by atoms with E-state index in [1.54, 1.807) is 0 Å². The Morgan fingerprint density at radius 3 is 1.80 bits per heavy atom. The number of hydrogen-bond acceptors (Lipinski definition) is 4. The van der Waals surface area contributed by atoms with Crippen molar-refractivity contribution in [2.75, 3.05) is 0 Å². The third-order valence-corrected chi connectivity index (χ3v) is 9.74. The molecule has 4 aliphatic carbocycles. The summed E-state index contributed by atoms with van der Waals surface area (Å²) in [6.45, 7) is 0. The second kappa shape index (κ2) is 9.10. The van der Waals surface area contributed by atoms with Gasteiger partial charge in [0.1, 0.15) is 0 Å². The number of benzene rings is 4. The summed E-state index contributed by atoms with van der Waals surface area (Å²) in [6, 6.07) is 33.4. The first-order valence-corrected chi connectivity index (χ1v) is 14.5. The van der Waals surface area contributed by atoms with Gasteiger partial charge >= 0.3 is 0 Å². The van der Waals surface area contributed by atoms with Crippen molar-refractivity contribution in [1.82, 2.24) is 15.0 Å². The zero-order chi connectivity index (χ0) is 26.7. The molecule has 1 heterocycles. The van der Waals surface area contributed by atoms with Crippen molar-refractivity contribution in [3.63, 3.8) is 0 Å². The maximum absolute atomic E-state index is 9.68. The highest BCUT2D eigenvalue weighted by atomic mass is 15.0. The van der Waals surface area contributed by atoms with Crippen molar-refractivity contribution in [3.8, 4) is 40.2 Å². The molecule has 40 heavy (non-hydrogen) atoms. The molecule has 4 bridgehead atoms. The Bertz CT molecular complexity index is 1750. The zero-order valence-electron chi connectivity index (χ0n) is 22.4. The molecule has 0 saturated heterocycles. The maximum atomic E-state index is 9.68. The molecular weight excluding hydrogens is 488 g/mol. The standard InChI is InChI=1S/C36H30N4/c37-22-28-8-4-10-31-30(28)9-5-11-32(31)35-39-33(26-6-2-1-3-7-26)38-34(40-35)27-12-14-29(15-13-27)36-19-23-16-24(20-36)18-25(17-23)21-36/h1-15,23-25H,16-21H2. The number of rotatable bonds is 4. The van der Waals surface area contributed by atoms with Crippen molar-refractivity contribution in [1.29, 1.82) is 5.26 Å². The molecule has 4 heteroatoms. The van der Waals surface area contributed by atoms with Gasteiger partial charge in [-0.1, -0.05) is 84.9 Å². The molecule has 4 aromatic carbocycles. The van der Waals surface area contributed by atoms with Gasteiger partial charge in [-0.3, -0.25) is 0 Å². The molecule has 4 nitrogen and oxygen atoms in total. The van der Waals surface area contributed by atoms with Crippen LogP contribution in [0.3, 0.4) is 0 Å². The fraction of sp³-hybridized carbons (Fsp3) is 0.278. The molecular formula is C36H30N4. The van der Waals surface area contributed by atoms with Crippen LogP contribution in [0.4, 0.5) is 0 Å². The van der Waals surface area contributed by atoms with Crippen LogP contribution in [0.1, 0.15) is 49.7 Å². The molecule has 4 fully saturated rings. The minimum absolute atomic E-state index is 0.369. The first kappa shape index (κ1) is 23.5. The predicted molar refractivity (Wildman–Crippen MR) is 158 cm³/mol. The van der Waals surface area contributed by atoms with Gasteiger partial charge in [0.15, 0.2) is 17.5 Å². The molecule has 0 atom stereocenters. The second-order valence-corrected chi connectivity index (χ2v) is 12.3. The Morgan fingerprint density at radius 2 is 1.15 bits per heavy atom.